The van der Waals surface area contributed by atoms with E-state index in [1.807, 2.05) is 11.0 Å². The number of carbonyl (C=O) groups excluding carboxylic acids is 1. The molecule has 3 heterocycles. The highest BCUT2D eigenvalue weighted by molar-refractivity contribution is 5.81. The Hall–Kier alpha value is -2.13. The van der Waals surface area contributed by atoms with Gasteiger partial charge in [-0.1, -0.05) is 0 Å². The number of ether oxygens (including phenoxy) is 1. The Balaban J connectivity index is 1.47. The van der Waals surface area contributed by atoms with Crippen molar-refractivity contribution in [2.45, 2.75) is 44.6 Å². The number of pyridine rings is 1. The van der Waals surface area contributed by atoms with Crippen LogP contribution >= 0.6 is 0 Å². The van der Waals surface area contributed by atoms with Crippen LogP contribution in [-0.4, -0.2) is 54.7 Å². The number of nitrogens with zero attached hydrogens (tertiary/aromatic N) is 4. The summed E-state index contributed by atoms with van der Waals surface area (Å²) in [5.41, 5.74) is 3.05. The van der Waals surface area contributed by atoms with Gasteiger partial charge in [-0.3, -0.25) is 4.79 Å². The molecule has 1 aromatic heterocycles. The summed E-state index contributed by atoms with van der Waals surface area (Å²) in [6.45, 7) is 3.48. The lowest BCUT2D eigenvalue weighted by molar-refractivity contribution is -0.141. The fraction of sp³-hybridized carbons (Fsp3) is 0.632. The predicted molar refractivity (Wildman–Crippen MR) is 93.4 cm³/mol. The Bertz CT molecular complexity index is 698. The topological polar surface area (TPSA) is 69.5 Å². The van der Waals surface area contributed by atoms with Gasteiger partial charge in [0.1, 0.15) is 18.0 Å². The summed E-state index contributed by atoms with van der Waals surface area (Å²) in [5.74, 6) is 0.920. The third-order valence-electron chi connectivity index (χ3n) is 5.50. The van der Waals surface area contributed by atoms with Gasteiger partial charge in [-0.05, 0) is 50.2 Å². The summed E-state index contributed by atoms with van der Waals surface area (Å²) in [7, 11) is 0. The largest absolute Gasteiger partial charge is 0.368 e. The molecule has 6 nitrogen and oxygen atoms in total. The molecule has 6 heteroatoms. The number of rotatable bonds is 2. The second kappa shape index (κ2) is 7.01. The molecule has 0 aromatic carbocycles. The van der Waals surface area contributed by atoms with Crippen molar-refractivity contribution < 1.29 is 9.53 Å². The van der Waals surface area contributed by atoms with Crippen LogP contribution < -0.4 is 4.90 Å². The van der Waals surface area contributed by atoms with Crippen molar-refractivity contribution in [1.29, 1.82) is 5.26 Å². The van der Waals surface area contributed by atoms with Gasteiger partial charge in [0.25, 0.3) is 5.91 Å². The molecule has 1 aromatic rings. The molecule has 1 amide bonds. The molecule has 0 bridgehead atoms. The highest BCUT2D eigenvalue weighted by Crippen LogP contribution is 2.27. The first-order valence-corrected chi connectivity index (χ1v) is 9.34. The van der Waals surface area contributed by atoms with Crippen molar-refractivity contribution >= 4 is 11.7 Å². The molecule has 25 heavy (non-hydrogen) atoms. The predicted octanol–water partition coefficient (Wildman–Crippen LogP) is 1.66. The van der Waals surface area contributed by atoms with E-state index in [1.54, 1.807) is 0 Å². The third-order valence-corrected chi connectivity index (χ3v) is 5.50. The molecule has 1 aliphatic carbocycles. The average molecular weight is 340 g/mol. The second-order valence-electron chi connectivity index (χ2n) is 7.10. The maximum atomic E-state index is 12.5. The number of fused-ring (bicyclic) bond motifs is 1. The standard InChI is InChI=1S/C19H24N4O2/c20-13-15-12-14-4-1-2-5-16(14)21-18(15)22-7-9-23(10-8-22)19(24)17-6-3-11-25-17/h12,17H,1-11H2. The van der Waals surface area contributed by atoms with E-state index in [2.05, 4.69) is 11.0 Å². The van der Waals surface area contributed by atoms with E-state index in [9.17, 15) is 10.1 Å². The van der Waals surface area contributed by atoms with Gasteiger partial charge in [-0.15, -0.1) is 0 Å². The van der Waals surface area contributed by atoms with E-state index in [4.69, 9.17) is 9.72 Å². The molecule has 2 fully saturated rings. The summed E-state index contributed by atoms with van der Waals surface area (Å²) < 4.78 is 5.52. The summed E-state index contributed by atoms with van der Waals surface area (Å²) in [4.78, 5) is 21.4. The van der Waals surface area contributed by atoms with Crippen molar-refractivity contribution in [2.75, 3.05) is 37.7 Å². The summed E-state index contributed by atoms with van der Waals surface area (Å²) in [6, 6.07) is 4.35. The van der Waals surface area contributed by atoms with Gasteiger partial charge in [0.2, 0.25) is 0 Å². The molecule has 0 radical (unpaired) electrons. The first kappa shape index (κ1) is 16.3. The molecule has 0 N–H and O–H groups in total. The summed E-state index contributed by atoms with van der Waals surface area (Å²) >= 11 is 0. The molecule has 0 saturated carbocycles. The number of hydrogen-bond donors (Lipinski definition) is 0. The number of carbonyl (C=O) groups is 1. The monoisotopic (exact) mass is 340 g/mol. The van der Waals surface area contributed by atoms with Gasteiger partial charge >= 0.3 is 0 Å². The Morgan fingerprint density at radius 3 is 2.72 bits per heavy atom. The normalized spacial score (nSPS) is 23.2. The van der Waals surface area contributed by atoms with Crippen LogP contribution in [0.3, 0.4) is 0 Å². The SMILES string of the molecule is N#Cc1cc2c(nc1N1CCN(C(=O)C3CCCO3)CC1)CCCC2. The van der Waals surface area contributed by atoms with Gasteiger partial charge < -0.3 is 14.5 Å². The second-order valence-corrected chi connectivity index (χ2v) is 7.10. The first-order valence-electron chi connectivity index (χ1n) is 9.34. The summed E-state index contributed by atoms with van der Waals surface area (Å²) in [5, 5.41) is 9.54. The number of aromatic nitrogens is 1. The number of aryl methyl sites for hydroxylation is 2. The van der Waals surface area contributed by atoms with E-state index in [-0.39, 0.29) is 12.0 Å². The van der Waals surface area contributed by atoms with Crippen LogP contribution in [0.2, 0.25) is 0 Å². The summed E-state index contributed by atoms with van der Waals surface area (Å²) in [6.07, 6.45) is 5.96. The molecule has 1 unspecified atom stereocenters. The number of hydrogen-bond acceptors (Lipinski definition) is 5. The Labute approximate surface area is 148 Å². The van der Waals surface area contributed by atoms with Crippen molar-refractivity contribution in [3.8, 4) is 6.07 Å². The van der Waals surface area contributed by atoms with E-state index in [0.717, 1.165) is 50.3 Å². The molecule has 4 rings (SSSR count). The molecular formula is C19H24N4O2. The van der Waals surface area contributed by atoms with Crippen LogP contribution in [0.1, 0.15) is 42.5 Å². The van der Waals surface area contributed by atoms with Crippen LogP contribution in [0.25, 0.3) is 0 Å². The number of nitriles is 1. The molecule has 3 aliphatic rings. The minimum Gasteiger partial charge on any atom is -0.368 e. The minimum absolute atomic E-state index is 0.121. The van der Waals surface area contributed by atoms with E-state index >= 15 is 0 Å². The number of piperazine rings is 1. The van der Waals surface area contributed by atoms with Crippen LogP contribution in [0, 0.1) is 11.3 Å². The molecule has 2 saturated heterocycles. The smallest absolute Gasteiger partial charge is 0.251 e. The van der Waals surface area contributed by atoms with E-state index in [1.165, 1.54) is 18.4 Å². The lowest BCUT2D eigenvalue weighted by Crippen LogP contribution is -2.51. The zero-order valence-corrected chi connectivity index (χ0v) is 14.5. The van der Waals surface area contributed by atoms with Gasteiger partial charge in [0.05, 0.1) is 5.56 Å². The molecule has 1 atom stereocenters. The molecule has 2 aliphatic heterocycles. The van der Waals surface area contributed by atoms with Crippen molar-refractivity contribution in [1.82, 2.24) is 9.88 Å². The lowest BCUT2D eigenvalue weighted by Gasteiger charge is -2.37. The quantitative estimate of drug-likeness (QED) is 0.819. The van der Waals surface area contributed by atoms with Crippen LogP contribution in [0.5, 0.6) is 0 Å². The molecule has 0 spiro atoms. The van der Waals surface area contributed by atoms with Crippen LogP contribution in [-0.2, 0) is 22.4 Å². The van der Waals surface area contributed by atoms with Gasteiger partial charge in [-0.25, -0.2) is 4.98 Å². The zero-order valence-electron chi connectivity index (χ0n) is 14.5. The third kappa shape index (κ3) is 3.21. The Morgan fingerprint density at radius 1 is 1.20 bits per heavy atom. The van der Waals surface area contributed by atoms with Gasteiger partial charge in [0, 0.05) is 38.5 Å². The van der Waals surface area contributed by atoms with Crippen LogP contribution in [0.15, 0.2) is 6.07 Å². The van der Waals surface area contributed by atoms with Gasteiger partial charge in [0.15, 0.2) is 0 Å². The highest BCUT2D eigenvalue weighted by Gasteiger charge is 2.31. The van der Waals surface area contributed by atoms with E-state index < -0.39 is 0 Å². The van der Waals surface area contributed by atoms with Crippen molar-refractivity contribution in [3.05, 3.63) is 22.9 Å². The number of anilines is 1. The molecule has 132 valence electrons. The fourth-order valence-corrected chi connectivity index (χ4v) is 4.06. The Morgan fingerprint density at radius 2 is 2.00 bits per heavy atom. The highest BCUT2D eigenvalue weighted by atomic mass is 16.5. The van der Waals surface area contributed by atoms with Gasteiger partial charge in [-0.2, -0.15) is 5.26 Å². The zero-order chi connectivity index (χ0) is 17.2. The molecular weight excluding hydrogens is 316 g/mol. The Kier molecular flexibility index (Phi) is 4.58. The number of amides is 1. The van der Waals surface area contributed by atoms with Crippen LogP contribution in [0.4, 0.5) is 5.82 Å². The van der Waals surface area contributed by atoms with E-state index in [0.29, 0.717) is 25.3 Å². The first-order chi connectivity index (χ1) is 12.3. The maximum absolute atomic E-state index is 12.5. The van der Waals surface area contributed by atoms with Crippen molar-refractivity contribution in [3.63, 3.8) is 0 Å². The minimum atomic E-state index is -0.247. The average Bonchev–Trinajstić information content (AvgIpc) is 3.21. The lowest BCUT2D eigenvalue weighted by atomic mass is 9.95. The fourth-order valence-electron chi connectivity index (χ4n) is 4.06. The maximum Gasteiger partial charge on any atom is 0.251 e. The van der Waals surface area contributed by atoms with Crippen molar-refractivity contribution in [2.24, 2.45) is 0 Å².